The Kier molecular flexibility index (Phi) is 2.49. The van der Waals surface area contributed by atoms with E-state index in [1.807, 2.05) is 28.8 Å². The minimum atomic E-state index is -0.0359. The summed E-state index contributed by atoms with van der Waals surface area (Å²) in [7, 11) is 0. The normalized spacial score (nSPS) is 17.8. The van der Waals surface area contributed by atoms with E-state index in [4.69, 9.17) is 17.0 Å². The molecule has 1 atom stereocenters. The Labute approximate surface area is 103 Å². The number of aliphatic hydroxyl groups excluding tert-OH is 1. The second-order valence-corrected chi connectivity index (χ2v) is 4.36. The van der Waals surface area contributed by atoms with Crippen LogP contribution in [0, 0.1) is 4.77 Å². The third kappa shape index (κ3) is 1.59. The molecule has 0 saturated heterocycles. The minimum absolute atomic E-state index is 0.0359. The lowest BCUT2D eigenvalue weighted by Gasteiger charge is -2.13. The van der Waals surface area contributed by atoms with Crippen LogP contribution in [-0.4, -0.2) is 21.3 Å². The molecule has 0 bridgehead atoms. The van der Waals surface area contributed by atoms with E-state index in [0.717, 1.165) is 17.0 Å². The molecular formula is C12H12N2O2S. The van der Waals surface area contributed by atoms with Gasteiger partial charge in [-0.2, -0.15) is 0 Å². The zero-order valence-electron chi connectivity index (χ0n) is 9.09. The first-order valence-electron chi connectivity index (χ1n) is 5.42. The van der Waals surface area contributed by atoms with Gasteiger partial charge in [0.2, 0.25) is 0 Å². The van der Waals surface area contributed by atoms with Crippen LogP contribution in [-0.2, 0) is 6.61 Å². The number of aromatic amines is 1. The van der Waals surface area contributed by atoms with Crippen molar-refractivity contribution < 1.29 is 9.84 Å². The Morgan fingerprint density at radius 2 is 2.29 bits per heavy atom. The molecule has 1 aromatic carbocycles. The molecule has 0 fully saturated rings. The monoisotopic (exact) mass is 248 g/mol. The maximum atomic E-state index is 9.31. The van der Waals surface area contributed by atoms with Crippen molar-refractivity contribution in [1.82, 2.24) is 9.55 Å². The number of rotatable bonds is 2. The van der Waals surface area contributed by atoms with Crippen LogP contribution in [0.4, 0.5) is 0 Å². The van der Waals surface area contributed by atoms with Crippen molar-refractivity contribution in [1.29, 1.82) is 0 Å². The summed E-state index contributed by atoms with van der Waals surface area (Å²) >= 11 is 5.25. The first kappa shape index (κ1) is 10.6. The molecule has 17 heavy (non-hydrogen) atoms. The molecule has 3 rings (SSSR count). The van der Waals surface area contributed by atoms with Crippen molar-refractivity contribution in [3.8, 4) is 5.75 Å². The van der Waals surface area contributed by atoms with Gasteiger partial charge in [0.05, 0.1) is 18.3 Å². The molecule has 2 aromatic rings. The molecule has 2 N–H and O–H groups in total. The van der Waals surface area contributed by atoms with Crippen molar-refractivity contribution >= 4 is 12.2 Å². The number of nitrogens with one attached hydrogen (secondary N) is 1. The van der Waals surface area contributed by atoms with Gasteiger partial charge in [0, 0.05) is 11.8 Å². The molecule has 2 heterocycles. The number of nitrogens with zero attached hydrogens (tertiary/aromatic N) is 1. The van der Waals surface area contributed by atoms with Crippen molar-refractivity contribution in [2.24, 2.45) is 0 Å². The predicted molar refractivity (Wildman–Crippen MR) is 65.6 cm³/mol. The molecule has 5 heteroatoms. The number of ether oxygens (including phenoxy) is 1. The lowest BCUT2D eigenvalue weighted by atomic mass is 10.1. The smallest absolute Gasteiger partial charge is 0.178 e. The van der Waals surface area contributed by atoms with Crippen molar-refractivity contribution in [2.75, 3.05) is 6.61 Å². The van der Waals surface area contributed by atoms with E-state index in [-0.39, 0.29) is 12.6 Å². The quantitative estimate of drug-likeness (QED) is 0.799. The Hall–Kier alpha value is -1.59. The third-order valence-electron chi connectivity index (χ3n) is 3.04. The second-order valence-electron chi connectivity index (χ2n) is 3.98. The number of fused-ring (bicyclic) bond motifs is 1. The minimum Gasteiger partial charge on any atom is -0.491 e. The summed E-state index contributed by atoms with van der Waals surface area (Å²) in [5.74, 6) is 0.893. The van der Waals surface area contributed by atoms with Crippen molar-refractivity contribution in [2.45, 2.75) is 12.6 Å². The fourth-order valence-electron chi connectivity index (χ4n) is 2.24. The molecule has 1 aliphatic heterocycles. The molecule has 1 aromatic heterocycles. The second kappa shape index (κ2) is 4.01. The topological polar surface area (TPSA) is 50.2 Å². The van der Waals surface area contributed by atoms with E-state index in [1.54, 1.807) is 6.20 Å². The van der Waals surface area contributed by atoms with Gasteiger partial charge in [0.1, 0.15) is 12.4 Å². The summed E-state index contributed by atoms with van der Waals surface area (Å²) in [6.45, 7) is 0.518. The summed E-state index contributed by atoms with van der Waals surface area (Å²) in [4.78, 5) is 2.96. The summed E-state index contributed by atoms with van der Waals surface area (Å²) in [6, 6.07) is 7.96. The van der Waals surface area contributed by atoms with Crippen molar-refractivity contribution in [3.05, 3.63) is 46.5 Å². The largest absolute Gasteiger partial charge is 0.491 e. The van der Waals surface area contributed by atoms with E-state index in [2.05, 4.69) is 4.98 Å². The molecule has 0 spiro atoms. The number of imidazole rings is 1. The molecule has 1 unspecified atom stereocenters. The maximum absolute atomic E-state index is 9.31. The van der Waals surface area contributed by atoms with Gasteiger partial charge < -0.3 is 19.4 Å². The number of aromatic nitrogens is 2. The van der Waals surface area contributed by atoms with Gasteiger partial charge in [-0.25, -0.2) is 0 Å². The van der Waals surface area contributed by atoms with E-state index in [9.17, 15) is 5.11 Å². The van der Waals surface area contributed by atoms with Crippen LogP contribution in [0.3, 0.4) is 0 Å². The van der Waals surface area contributed by atoms with Crippen LogP contribution in [0.5, 0.6) is 5.75 Å². The molecule has 88 valence electrons. The zero-order chi connectivity index (χ0) is 11.8. The number of hydrogen-bond donors (Lipinski definition) is 2. The van der Waals surface area contributed by atoms with Gasteiger partial charge in [-0.15, -0.1) is 0 Å². The number of benzene rings is 1. The number of para-hydroxylation sites is 1. The average molecular weight is 248 g/mol. The highest BCUT2D eigenvalue weighted by Gasteiger charge is 2.27. The van der Waals surface area contributed by atoms with E-state index in [1.165, 1.54) is 0 Å². The standard InChI is InChI=1S/C12H12N2O2S/c15-6-8-5-13-12(17)14(8)10-7-16-11-4-2-1-3-9(10)11/h1-5,10,15H,6-7H2,(H,13,17). The summed E-state index contributed by atoms with van der Waals surface area (Å²) in [5, 5.41) is 9.31. The third-order valence-corrected chi connectivity index (χ3v) is 3.35. The summed E-state index contributed by atoms with van der Waals surface area (Å²) in [6.07, 6.45) is 1.74. The Morgan fingerprint density at radius 1 is 1.47 bits per heavy atom. The van der Waals surface area contributed by atoms with E-state index in [0.29, 0.717) is 11.4 Å². The summed E-state index contributed by atoms with van der Waals surface area (Å²) in [5.41, 5.74) is 1.89. The van der Waals surface area contributed by atoms with Crippen LogP contribution in [0.2, 0.25) is 0 Å². The zero-order valence-corrected chi connectivity index (χ0v) is 9.91. The molecule has 0 radical (unpaired) electrons. The van der Waals surface area contributed by atoms with Gasteiger partial charge in [-0.1, -0.05) is 18.2 Å². The number of hydrogen-bond acceptors (Lipinski definition) is 3. The lowest BCUT2D eigenvalue weighted by molar-refractivity contribution is 0.260. The SMILES string of the molecule is OCc1c[nH]c(=S)n1C1COc2ccccc21. The maximum Gasteiger partial charge on any atom is 0.178 e. The highest BCUT2D eigenvalue weighted by molar-refractivity contribution is 7.71. The lowest BCUT2D eigenvalue weighted by Crippen LogP contribution is -2.14. The van der Waals surface area contributed by atoms with E-state index < -0.39 is 0 Å². The molecule has 0 saturated carbocycles. The first-order chi connectivity index (χ1) is 8.31. The van der Waals surface area contributed by atoms with Crippen molar-refractivity contribution in [3.63, 3.8) is 0 Å². The van der Waals surface area contributed by atoms with Crippen LogP contribution in [0.25, 0.3) is 0 Å². The molecule has 0 amide bonds. The predicted octanol–water partition coefficient (Wildman–Crippen LogP) is 2.02. The fourth-order valence-corrected chi connectivity index (χ4v) is 2.54. The highest BCUT2D eigenvalue weighted by Crippen LogP contribution is 2.35. The first-order valence-corrected chi connectivity index (χ1v) is 5.83. The fraction of sp³-hybridized carbons (Fsp3) is 0.250. The molecular weight excluding hydrogens is 236 g/mol. The molecule has 1 aliphatic rings. The molecule has 0 aliphatic carbocycles. The van der Waals surface area contributed by atoms with Gasteiger partial charge in [-0.3, -0.25) is 0 Å². The Balaban J connectivity index is 2.13. The van der Waals surface area contributed by atoms with Crippen LogP contribution in [0.1, 0.15) is 17.3 Å². The molecule has 4 nitrogen and oxygen atoms in total. The average Bonchev–Trinajstić information content (AvgIpc) is 2.92. The number of aliphatic hydroxyl groups is 1. The Bertz CT molecular complexity index is 603. The number of H-pyrrole nitrogens is 1. The van der Waals surface area contributed by atoms with E-state index >= 15 is 0 Å². The van der Waals surface area contributed by atoms with Crippen LogP contribution < -0.4 is 4.74 Å². The summed E-state index contributed by atoms with van der Waals surface area (Å²) < 4.78 is 8.16. The van der Waals surface area contributed by atoms with Crippen LogP contribution >= 0.6 is 12.2 Å². The highest BCUT2D eigenvalue weighted by atomic mass is 32.1. The Morgan fingerprint density at radius 3 is 3.12 bits per heavy atom. The van der Waals surface area contributed by atoms with Gasteiger partial charge in [-0.05, 0) is 18.3 Å². The van der Waals surface area contributed by atoms with Gasteiger partial charge in [0.25, 0.3) is 0 Å². The van der Waals surface area contributed by atoms with Crippen LogP contribution in [0.15, 0.2) is 30.5 Å². The van der Waals surface area contributed by atoms with Gasteiger partial charge in [0.15, 0.2) is 4.77 Å². The van der Waals surface area contributed by atoms with Gasteiger partial charge >= 0.3 is 0 Å².